The summed E-state index contributed by atoms with van der Waals surface area (Å²) in [5, 5.41) is 2.74. The molecule has 0 aliphatic rings. The number of hydrazine groups is 1. The van der Waals surface area contributed by atoms with Crippen molar-refractivity contribution in [2.45, 2.75) is 13.8 Å². The van der Waals surface area contributed by atoms with Crippen molar-refractivity contribution in [1.82, 2.24) is 10.9 Å². The van der Waals surface area contributed by atoms with Crippen LogP contribution in [0, 0.1) is 5.92 Å². The lowest BCUT2D eigenvalue weighted by Crippen LogP contribution is -2.40. The van der Waals surface area contributed by atoms with Crippen molar-refractivity contribution in [2.75, 3.05) is 19.5 Å². The zero-order chi connectivity index (χ0) is 22.1. The summed E-state index contributed by atoms with van der Waals surface area (Å²) in [7, 11) is 3.07. The Kier molecular flexibility index (Phi) is 7.99. The average molecular weight is 411 g/mol. The van der Waals surface area contributed by atoms with E-state index in [1.54, 1.807) is 69.5 Å². The summed E-state index contributed by atoms with van der Waals surface area (Å²) < 4.78 is 10.4. The van der Waals surface area contributed by atoms with E-state index in [2.05, 4.69) is 16.2 Å². The number of hydrogen-bond donors (Lipinski definition) is 3. The van der Waals surface area contributed by atoms with Crippen molar-refractivity contribution in [1.29, 1.82) is 0 Å². The molecule has 0 radical (unpaired) electrons. The van der Waals surface area contributed by atoms with Crippen LogP contribution in [0.25, 0.3) is 6.08 Å². The summed E-state index contributed by atoms with van der Waals surface area (Å²) in [6.07, 6.45) is 2.86. The number of amides is 3. The third-order valence-corrected chi connectivity index (χ3v) is 4.07. The maximum atomic E-state index is 12.2. The summed E-state index contributed by atoms with van der Waals surface area (Å²) in [4.78, 5) is 35.8. The van der Waals surface area contributed by atoms with Gasteiger partial charge in [-0.1, -0.05) is 19.9 Å². The minimum Gasteiger partial charge on any atom is -0.493 e. The molecule has 0 aromatic heterocycles. The summed E-state index contributed by atoms with van der Waals surface area (Å²) in [5.41, 5.74) is 6.30. The highest BCUT2D eigenvalue weighted by atomic mass is 16.5. The number of hydrogen-bond acceptors (Lipinski definition) is 5. The number of methoxy groups -OCH3 is 2. The highest BCUT2D eigenvalue weighted by Crippen LogP contribution is 2.27. The van der Waals surface area contributed by atoms with E-state index < -0.39 is 11.8 Å². The zero-order valence-electron chi connectivity index (χ0n) is 17.3. The molecule has 3 N–H and O–H groups in total. The van der Waals surface area contributed by atoms with Crippen LogP contribution in [0.2, 0.25) is 0 Å². The smallest absolute Gasteiger partial charge is 0.269 e. The Hall–Kier alpha value is -3.81. The van der Waals surface area contributed by atoms with Crippen LogP contribution in [0.3, 0.4) is 0 Å². The van der Waals surface area contributed by atoms with Crippen molar-refractivity contribution in [2.24, 2.45) is 5.92 Å². The second-order valence-corrected chi connectivity index (χ2v) is 6.61. The molecule has 0 saturated carbocycles. The van der Waals surface area contributed by atoms with Gasteiger partial charge in [-0.3, -0.25) is 25.2 Å². The van der Waals surface area contributed by atoms with Gasteiger partial charge in [-0.2, -0.15) is 0 Å². The predicted molar refractivity (Wildman–Crippen MR) is 114 cm³/mol. The van der Waals surface area contributed by atoms with E-state index >= 15 is 0 Å². The molecule has 0 fully saturated rings. The van der Waals surface area contributed by atoms with Gasteiger partial charge in [-0.25, -0.2) is 0 Å². The van der Waals surface area contributed by atoms with Crippen LogP contribution >= 0.6 is 0 Å². The monoisotopic (exact) mass is 411 g/mol. The number of carbonyl (C=O) groups is 3. The quantitative estimate of drug-likeness (QED) is 0.480. The molecule has 0 aliphatic carbocycles. The van der Waals surface area contributed by atoms with Crippen LogP contribution in [-0.4, -0.2) is 31.9 Å². The lowest BCUT2D eigenvalue weighted by Gasteiger charge is -2.09. The molecule has 8 nitrogen and oxygen atoms in total. The highest BCUT2D eigenvalue weighted by Gasteiger charge is 2.09. The molecule has 2 rings (SSSR count). The molecular formula is C22H25N3O5. The molecule has 0 saturated heterocycles. The minimum absolute atomic E-state index is 0.110. The van der Waals surface area contributed by atoms with Gasteiger partial charge in [0.2, 0.25) is 5.91 Å². The molecule has 8 heteroatoms. The van der Waals surface area contributed by atoms with Gasteiger partial charge in [0.05, 0.1) is 14.2 Å². The number of nitrogens with one attached hydrogen (secondary N) is 3. The molecule has 0 spiro atoms. The zero-order valence-corrected chi connectivity index (χ0v) is 17.3. The van der Waals surface area contributed by atoms with Gasteiger partial charge in [0, 0.05) is 23.2 Å². The van der Waals surface area contributed by atoms with Gasteiger partial charge in [-0.15, -0.1) is 0 Å². The molecule has 2 aromatic carbocycles. The van der Waals surface area contributed by atoms with Crippen molar-refractivity contribution in [3.8, 4) is 11.5 Å². The first-order chi connectivity index (χ1) is 14.3. The Morgan fingerprint density at radius 2 is 1.57 bits per heavy atom. The van der Waals surface area contributed by atoms with E-state index in [9.17, 15) is 14.4 Å². The van der Waals surface area contributed by atoms with E-state index in [-0.39, 0.29) is 11.8 Å². The first-order valence-corrected chi connectivity index (χ1v) is 9.25. The third kappa shape index (κ3) is 6.37. The van der Waals surface area contributed by atoms with Crippen LogP contribution in [0.4, 0.5) is 5.69 Å². The topological polar surface area (TPSA) is 106 Å². The summed E-state index contributed by atoms with van der Waals surface area (Å²) >= 11 is 0. The van der Waals surface area contributed by atoms with Gasteiger partial charge in [0.25, 0.3) is 11.8 Å². The van der Waals surface area contributed by atoms with Crippen LogP contribution in [0.15, 0.2) is 48.5 Å². The average Bonchev–Trinajstić information content (AvgIpc) is 2.76. The Bertz CT molecular complexity index is 936. The molecule has 30 heavy (non-hydrogen) atoms. The van der Waals surface area contributed by atoms with Crippen LogP contribution in [0.5, 0.6) is 11.5 Å². The Morgan fingerprint density at radius 3 is 2.17 bits per heavy atom. The summed E-state index contributed by atoms with van der Waals surface area (Å²) in [6, 6.07) is 11.6. The molecule has 0 bridgehead atoms. The van der Waals surface area contributed by atoms with E-state index in [1.165, 1.54) is 13.2 Å². The van der Waals surface area contributed by atoms with Crippen molar-refractivity contribution >= 4 is 29.5 Å². The Balaban J connectivity index is 1.89. The van der Waals surface area contributed by atoms with Crippen molar-refractivity contribution in [3.63, 3.8) is 0 Å². The van der Waals surface area contributed by atoms with Crippen LogP contribution in [-0.2, 0) is 9.59 Å². The Labute approximate surface area is 175 Å². The number of rotatable bonds is 7. The molecule has 0 heterocycles. The molecular weight excluding hydrogens is 386 g/mol. The maximum absolute atomic E-state index is 12.2. The lowest BCUT2D eigenvalue weighted by atomic mass is 10.1. The van der Waals surface area contributed by atoms with Crippen molar-refractivity contribution in [3.05, 3.63) is 59.7 Å². The lowest BCUT2D eigenvalue weighted by molar-refractivity contribution is -0.119. The van der Waals surface area contributed by atoms with Gasteiger partial charge in [0.1, 0.15) is 0 Å². The fraction of sp³-hybridized carbons (Fsp3) is 0.227. The number of carbonyl (C=O) groups excluding carboxylic acids is 3. The van der Waals surface area contributed by atoms with Crippen LogP contribution < -0.4 is 25.6 Å². The number of ether oxygens (including phenoxy) is 2. The molecule has 3 amide bonds. The second-order valence-electron chi connectivity index (χ2n) is 6.61. The first-order valence-electron chi connectivity index (χ1n) is 9.25. The fourth-order valence-corrected chi connectivity index (χ4v) is 2.35. The predicted octanol–water partition coefficient (Wildman–Crippen LogP) is 2.77. The number of benzene rings is 2. The molecule has 158 valence electrons. The first kappa shape index (κ1) is 22.5. The van der Waals surface area contributed by atoms with Crippen LogP contribution in [0.1, 0.15) is 29.8 Å². The Morgan fingerprint density at radius 1 is 0.900 bits per heavy atom. The van der Waals surface area contributed by atoms with E-state index in [4.69, 9.17) is 9.47 Å². The van der Waals surface area contributed by atoms with Gasteiger partial charge < -0.3 is 14.8 Å². The molecule has 2 aromatic rings. The molecule has 0 aliphatic heterocycles. The van der Waals surface area contributed by atoms with Gasteiger partial charge in [0.15, 0.2) is 11.5 Å². The van der Waals surface area contributed by atoms with Gasteiger partial charge in [-0.05, 0) is 48.0 Å². The molecule has 0 atom stereocenters. The summed E-state index contributed by atoms with van der Waals surface area (Å²) in [6.45, 7) is 3.58. The minimum atomic E-state index is -0.501. The highest BCUT2D eigenvalue weighted by molar-refractivity contribution is 5.98. The standard InChI is InChI=1S/C22H25N3O5/c1-14(2)21(27)23-17-9-7-16(8-10-17)22(28)25-24-20(26)12-6-15-5-11-18(29-3)19(13-15)30-4/h5-14H,1-4H3,(H,23,27)(H,24,26)(H,25,28). The van der Waals surface area contributed by atoms with Crippen molar-refractivity contribution < 1.29 is 23.9 Å². The SMILES string of the molecule is COc1ccc(C=CC(=O)NNC(=O)c2ccc(NC(=O)C(C)C)cc2)cc1OC. The van der Waals surface area contributed by atoms with Gasteiger partial charge >= 0.3 is 0 Å². The summed E-state index contributed by atoms with van der Waals surface area (Å²) in [5.74, 6) is -0.109. The third-order valence-electron chi connectivity index (χ3n) is 4.07. The maximum Gasteiger partial charge on any atom is 0.269 e. The number of anilines is 1. The van der Waals surface area contributed by atoms with E-state index in [0.29, 0.717) is 22.7 Å². The van der Waals surface area contributed by atoms with E-state index in [0.717, 1.165) is 5.56 Å². The molecule has 0 unspecified atom stereocenters. The fourth-order valence-electron chi connectivity index (χ4n) is 2.35. The van der Waals surface area contributed by atoms with E-state index in [1.807, 2.05) is 0 Å². The second kappa shape index (κ2) is 10.7. The normalized spacial score (nSPS) is 10.6. The largest absolute Gasteiger partial charge is 0.493 e.